The molecule has 2 aromatic carbocycles. The van der Waals surface area contributed by atoms with Crippen molar-refractivity contribution in [3.63, 3.8) is 0 Å². The lowest BCUT2D eigenvalue weighted by atomic mass is 10.2. The molecule has 3 rings (SSSR count). The maximum atomic E-state index is 13.0. The van der Waals surface area contributed by atoms with Gasteiger partial charge in [0.05, 0.1) is 16.8 Å². The molecule has 2 N–H and O–H groups in total. The third-order valence-electron chi connectivity index (χ3n) is 4.79. The summed E-state index contributed by atoms with van der Waals surface area (Å²) in [5.41, 5.74) is 1.29. The first-order valence-corrected chi connectivity index (χ1v) is 13.6. The van der Waals surface area contributed by atoms with Crippen LogP contribution in [0.15, 0.2) is 71.8 Å². The van der Waals surface area contributed by atoms with Crippen molar-refractivity contribution in [2.24, 2.45) is 0 Å². The number of amides is 1. The van der Waals surface area contributed by atoms with Crippen molar-refractivity contribution in [1.29, 1.82) is 0 Å². The largest absolute Gasteiger partial charge is 0.324 e. The van der Waals surface area contributed by atoms with E-state index in [4.69, 9.17) is 0 Å². The average molecular weight is 504 g/mol. The number of carbonyl (C=O) groups is 1. The highest BCUT2D eigenvalue weighted by atomic mass is 32.2. The molecule has 0 aliphatic rings. The van der Waals surface area contributed by atoms with Gasteiger partial charge in [0.25, 0.3) is 10.0 Å². The van der Waals surface area contributed by atoms with Crippen LogP contribution in [0.2, 0.25) is 0 Å². The van der Waals surface area contributed by atoms with Crippen LogP contribution in [0.3, 0.4) is 0 Å². The Hall–Kier alpha value is -3.51. The molecule has 10 nitrogen and oxygen atoms in total. The molecule has 0 radical (unpaired) electrons. The van der Waals surface area contributed by atoms with Crippen LogP contribution >= 0.6 is 0 Å². The normalized spacial score (nSPS) is 12.6. The van der Waals surface area contributed by atoms with Crippen LogP contribution in [0.4, 0.5) is 17.3 Å². The highest BCUT2D eigenvalue weighted by molar-refractivity contribution is 7.92. The van der Waals surface area contributed by atoms with Crippen molar-refractivity contribution < 1.29 is 21.6 Å². The molecule has 1 heterocycles. The van der Waals surface area contributed by atoms with Gasteiger partial charge in [0.2, 0.25) is 21.9 Å². The Morgan fingerprint density at radius 3 is 2.21 bits per heavy atom. The molecule has 180 valence electrons. The summed E-state index contributed by atoms with van der Waals surface area (Å²) in [6.45, 7) is 3.42. The molecule has 0 saturated carbocycles. The number of nitrogens with one attached hydrogen (secondary N) is 2. The number of rotatable bonds is 9. The van der Waals surface area contributed by atoms with Gasteiger partial charge in [-0.15, -0.1) is 0 Å². The van der Waals surface area contributed by atoms with Gasteiger partial charge in [-0.1, -0.05) is 25.1 Å². The standard InChI is InChI=1S/C22H25N5O5S2/c1-4-20(27(33(3,29)30)18-8-6-5-7-9-18)21(28)25-17-10-12-19(13-11-17)34(31,32)26-22-23-15-14-16(2)24-22/h5-15,20H,4H2,1-3H3,(H,25,28)(H,23,24,26)/t20-/m0/s1. The van der Waals surface area contributed by atoms with Gasteiger partial charge >= 0.3 is 0 Å². The molecule has 12 heteroatoms. The highest BCUT2D eigenvalue weighted by Crippen LogP contribution is 2.23. The summed E-state index contributed by atoms with van der Waals surface area (Å²) in [6.07, 6.45) is 2.71. The first kappa shape index (κ1) is 25.1. The lowest BCUT2D eigenvalue weighted by molar-refractivity contribution is -0.117. The third kappa shape index (κ3) is 6.08. The average Bonchev–Trinajstić information content (AvgIpc) is 2.77. The van der Waals surface area contributed by atoms with Gasteiger partial charge in [0.1, 0.15) is 6.04 Å². The quantitative estimate of drug-likeness (QED) is 0.458. The van der Waals surface area contributed by atoms with E-state index in [0.717, 1.165) is 10.6 Å². The van der Waals surface area contributed by atoms with Gasteiger partial charge < -0.3 is 5.32 Å². The van der Waals surface area contributed by atoms with Crippen LogP contribution in [-0.4, -0.2) is 45.0 Å². The van der Waals surface area contributed by atoms with E-state index in [9.17, 15) is 21.6 Å². The highest BCUT2D eigenvalue weighted by Gasteiger charge is 2.31. The number of para-hydroxylation sites is 1. The maximum Gasteiger partial charge on any atom is 0.264 e. The molecular weight excluding hydrogens is 478 g/mol. The molecule has 0 aliphatic heterocycles. The zero-order valence-corrected chi connectivity index (χ0v) is 20.5. The summed E-state index contributed by atoms with van der Waals surface area (Å²) in [5.74, 6) is -0.594. The van der Waals surface area contributed by atoms with Gasteiger partial charge in [0.15, 0.2) is 0 Å². The zero-order chi connectivity index (χ0) is 24.9. The molecule has 0 bridgehead atoms. The monoisotopic (exact) mass is 503 g/mol. The second-order valence-corrected chi connectivity index (χ2v) is 11.0. The molecule has 1 atom stereocenters. The van der Waals surface area contributed by atoms with Crippen LogP contribution in [0.25, 0.3) is 0 Å². The number of hydrogen-bond acceptors (Lipinski definition) is 7. The Morgan fingerprint density at radius 2 is 1.65 bits per heavy atom. The van der Waals surface area contributed by atoms with Crippen LogP contribution in [0.1, 0.15) is 19.0 Å². The van der Waals surface area contributed by atoms with E-state index in [1.54, 1.807) is 50.2 Å². The van der Waals surface area contributed by atoms with Gasteiger partial charge in [-0.05, 0) is 55.8 Å². The van der Waals surface area contributed by atoms with Crippen molar-refractivity contribution in [3.05, 3.63) is 72.6 Å². The van der Waals surface area contributed by atoms with Gasteiger partial charge in [0, 0.05) is 17.6 Å². The van der Waals surface area contributed by atoms with E-state index in [1.165, 1.54) is 30.5 Å². The topological polar surface area (TPSA) is 138 Å². The minimum Gasteiger partial charge on any atom is -0.324 e. The molecule has 0 unspecified atom stereocenters. The number of anilines is 3. The molecule has 1 amide bonds. The SMILES string of the molecule is CC[C@@H](C(=O)Nc1ccc(S(=O)(=O)Nc2nccc(C)n2)cc1)N(c1ccccc1)S(C)(=O)=O. The van der Waals surface area contributed by atoms with Crippen LogP contribution in [0, 0.1) is 6.92 Å². The maximum absolute atomic E-state index is 13.0. The van der Waals surface area contributed by atoms with Crippen LogP contribution in [0.5, 0.6) is 0 Å². The summed E-state index contributed by atoms with van der Waals surface area (Å²) in [5, 5.41) is 2.67. The Kier molecular flexibility index (Phi) is 7.52. The number of aromatic nitrogens is 2. The van der Waals surface area contributed by atoms with E-state index in [0.29, 0.717) is 17.1 Å². The number of nitrogens with zero attached hydrogens (tertiary/aromatic N) is 3. The van der Waals surface area contributed by atoms with Gasteiger partial charge in [-0.25, -0.2) is 31.5 Å². The van der Waals surface area contributed by atoms with Crippen LogP contribution < -0.4 is 14.3 Å². The second-order valence-electron chi connectivity index (χ2n) is 7.46. The molecule has 0 fully saturated rings. The lowest BCUT2D eigenvalue weighted by Gasteiger charge is -2.30. The Balaban J connectivity index is 1.79. The second kappa shape index (κ2) is 10.2. The molecule has 0 saturated heterocycles. The third-order valence-corrected chi connectivity index (χ3v) is 7.32. The molecule has 0 aliphatic carbocycles. The Morgan fingerprint density at radius 1 is 1.00 bits per heavy atom. The smallest absolute Gasteiger partial charge is 0.264 e. The zero-order valence-electron chi connectivity index (χ0n) is 18.8. The van der Waals surface area contributed by atoms with Crippen molar-refractivity contribution in [2.75, 3.05) is 20.6 Å². The summed E-state index contributed by atoms with van der Waals surface area (Å²) in [6, 6.07) is 14.5. The van der Waals surface area contributed by atoms with Gasteiger partial charge in [-0.2, -0.15) is 0 Å². The lowest BCUT2D eigenvalue weighted by Crippen LogP contribution is -2.46. The summed E-state index contributed by atoms with van der Waals surface area (Å²) in [7, 11) is -7.69. The number of sulfonamides is 2. The number of carbonyl (C=O) groups excluding carboxylic acids is 1. The van der Waals surface area contributed by atoms with E-state index in [-0.39, 0.29) is 17.3 Å². The van der Waals surface area contributed by atoms with E-state index < -0.39 is 32.0 Å². The Bertz CT molecular complexity index is 1360. The fourth-order valence-electron chi connectivity index (χ4n) is 3.26. The van der Waals surface area contributed by atoms with Gasteiger partial charge in [-0.3, -0.25) is 9.10 Å². The fraction of sp³-hybridized carbons (Fsp3) is 0.227. The van der Waals surface area contributed by atoms with E-state index >= 15 is 0 Å². The number of hydrogen-bond donors (Lipinski definition) is 2. The predicted molar refractivity (Wildman–Crippen MR) is 130 cm³/mol. The van der Waals surface area contributed by atoms with Crippen molar-refractivity contribution in [2.45, 2.75) is 31.2 Å². The van der Waals surface area contributed by atoms with Crippen molar-refractivity contribution >= 4 is 43.3 Å². The van der Waals surface area contributed by atoms with E-state index in [1.807, 2.05) is 0 Å². The fourth-order valence-corrected chi connectivity index (χ4v) is 5.42. The first-order chi connectivity index (χ1) is 16.0. The molecule has 3 aromatic rings. The summed E-state index contributed by atoms with van der Waals surface area (Å²) in [4.78, 5) is 20.8. The van der Waals surface area contributed by atoms with Crippen molar-refractivity contribution in [3.8, 4) is 0 Å². The first-order valence-electron chi connectivity index (χ1n) is 10.3. The number of benzene rings is 2. The molecule has 1 aromatic heterocycles. The minimum absolute atomic E-state index is 0.0510. The van der Waals surface area contributed by atoms with Crippen LogP contribution in [-0.2, 0) is 24.8 Å². The Labute approximate surface area is 199 Å². The molecular formula is C22H25N5O5S2. The molecule has 0 spiro atoms. The molecule has 34 heavy (non-hydrogen) atoms. The minimum atomic E-state index is -3.94. The van der Waals surface area contributed by atoms with Crippen molar-refractivity contribution in [1.82, 2.24) is 9.97 Å². The predicted octanol–water partition coefficient (Wildman–Crippen LogP) is 2.77. The number of aryl methyl sites for hydroxylation is 1. The van der Waals surface area contributed by atoms with E-state index in [2.05, 4.69) is 20.0 Å². The summed E-state index contributed by atoms with van der Waals surface area (Å²) >= 11 is 0. The summed E-state index contributed by atoms with van der Waals surface area (Å²) < 4.78 is 53.5.